The van der Waals surface area contributed by atoms with Gasteiger partial charge in [0.15, 0.2) is 0 Å². The van der Waals surface area contributed by atoms with Gasteiger partial charge < -0.3 is 17.7 Å². The molecule has 0 unspecified atom stereocenters. The van der Waals surface area contributed by atoms with Crippen LogP contribution in [0, 0.1) is 0 Å². The molecule has 0 aliphatic heterocycles. The first-order valence-corrected chi connectivity index (χ1v) is 51.1. The van der Waals surface area contributed by atoms with E-state index in [0.717, 1.165) is 45.3 Å². The normalized spacial score (nSPS) is 12.4. The van der Waals surface area contributed by atoms with Crippen molar-refractivity contribution < 1.29 is 17.7 Å². The van der Waals surface area contributed by atoms with Gasteiger partial charge in [-0.25, -0.2) is 0 Å². The van der Waals surface area contributed by atoms with Crippen LogP contribution in [0.25, 0.3) is 0 Å². The lowest BCUT2D eigenvalue weighted by Gasteiger charge is -2.37. The zero-order valence-corrected chi connectivity index (χ0v) is 77.1. The van der Waals surface area contributed by atoms with Crippen LogP contribution in [0.2, 0.25) is 0 Å². The molecule has 16 aromatic rings. The molecule has 0 spiro atoms. The standard InChI is InChI=1S/C115H112O4Si4/c1-112(2,3)104-81-86(73-77-108(104)116-120(90-49-25-13-26-50-90,91-51-27-14-28-52-91)92-53-29-15-30-54-92)102(87-74-78-109(105(82-87)113(4,5)6)117-121(93-55-31-16-32-56-93,94-57-33-17-34-58-94)95-59-35-18-36-60-95)85-103(88-75-79-110(106(83-88)114(7,8)9)118-122(96-61-37-19-38-62-96,97-63-39-20-40-64-97)98-65-41-21-42-66-98)89-76-80-111(107(84-89)115(10,11)12)119-123(99-67-43-22-44-68-99,100-69-45-23-46-70-100)101-71-47-24-48-72-101/h13-84,102-103H,85H2,1-12H3. The second-order valence-electron chi connectivity index (χ2n) is 36.9. The molecule has 4 nitrogen and oxygen atoms in total. The summed E-state index contributed by atoms with van der Waals surface area (Å²) in [6.07, 6.45) is 0.641. The molecule has 16 aromatic carbocycles. The molecule has 0 amide bonds. The van der Waals surface area contributed by atoms with E-state index in [1.54, 1.807) is 0 Å². The van der Waals surface area contributed by atoms with Crippen molar-refractivity contribution in [1.82, 2.24) is 0 Å². The van der Waals surface area contributed by atoms with Gasteiger partial charge in [0.05, 0.1) is 0 Å². The van der Waals surface area contributed by atoms with Crippen molar-refractivity contribution in [1.29, 1.82) is 0 Å². The summed E-state index contributed by atoms with van der Waals surface area (Å²) in [4.78, 5) is 0. The monoisotopic (exact) mass is 1670 g/mol. The number of benzene rings is 16. The van der Waals surface area contributed by atoms with Crippen LogP contribution in [0.1, 0.15) is 146 Å². The third kappa shape index (κ3) is 17.2. The third-order valence-electron chi connectivity index (χ3n) is 24.5. The van der Waals surface area contributed by atoms with Gasteiger partial charge in [0.1, 0.15) is 23.0 Å². The lowest BCUT2D eigenvalue weighted by Crippen LogP contribution is -2.71. The third-order valence-corrected chi connectivity index (χ3v) is 40.4. The fourth-order valence-corrected chi connectivity index (χ4v) is 33.8. The smallest absolute Gasteiger partial charge is 0.346 e. The van der Waals surface area contributed by atoms with Crippen LogP contribution >= 0.6 is 0 Å². The second-order valence-corrected chi connectivity index (χ2v) is 50.1. The summed E-state index contributed by atoms with van der Waals surface area (Å²) in [6, 6.07) is 161. The van der Waals surface area contributed by atoms with Crippen LogP contribution in [-0.4, -0.2) is 33.3 Å². The highest BCUT2D eigenvalue weighted by Crippen LogP contribution is 2.48. The number of hydrogen-bond acceptors (Lipinski definition) is 4. The summed E-state index contributed by atoms with van der Waals surface area (Å²) in [5, 5.41) is 14.0. The summed E-state index contributed by atoms with van der Waals surface area (Å²) in [7, 11) is -13.4. The van der Waals surface area contributed by atoms with Gasteiger partial charge in [-0.3, -0.25) is 0 Å². The van der Waals surface area contributed by atoms with Gasteiger partial charge >= 0.3 is 33.3 Å². The van der Waals surface area contributed by atoms with Crippen molar-refractivity contribution in [3.63, 3.8) is 0 Å². The molecule has 0 N–H and O–H groups in total. The first-order valence-electron chi connectivity index (χ1n) is 43.5. The maximum absolute atomic E-state index is 8.27. The minimum atomic E-state index is -3.35. The Morgan fingerprint density at radius 3 is 0.407 bits per heavy atom. The first kappa shape index (κ1) is 84.2. The lowest BCUT2D eigenvalue weighted by atomic mass is 9.73. The molecule has 0 saturated carbocycles. The van der Waals surface area contributed by atoms with Crippen molar-refractivity contribution in [2.45, 2.75) is 123 Å². The average molecular weight is 1670 g/mol. The average Bonchev–Trinajstić information content (AvgIpc) is 0.714. The van der Waals surface area contributed by atoms with Gasteiger partial charge in [-0.1, -0.05) is 496 Å². The fraction of sp³-hybridized carbons (Fsp3) is 0.165. The minimum Gasteiger partial charge on any atom is -0.530 e. The van der Waals surface area contributed by atoms with Gasteiger partial charge in [0.2, 0.25) is 0 Å². The molecule has 123 heavy (non-hydrogen) atoms. The van der Waals surface area contributed by atoms with Crippen molar-refractivity contribution in [2.75, 3.05) is 0 Å². The van der Waals surface area contributed by atoms with E-state index < -0.39 is 54.9 Å². The Bertz CT molecular complexity index is 5010. The Hall–Kier alpha value is -12.4. The Morgan fingerprint density at radius 2 is 0.293 bits per heavy atom. The largest absolute Gasteiger partial charge is 0.530 e. The molecule has 0 atom stereocenters. The van der Waals surface area contributed by atoms with Gasteiger partial charge in [0.25, 0.3) is 0 Å². The summed E-state index contributed by atoms with van der Waals surface area (Å²) < 4.78 is 33.1. The molecule has 0 aliphatic rings. The van der Waals surface area contributed by atoms with Gasteiger partial charge in [-0.05, 0) is 159 Å². The maximum Gasteiger partial charge on any atom is 0.346 e. The number of hydrogen-bond donors (Lipinski definition) is 0. The van der Waals surface area contributed by atoms with Gasteiger partial charge in [-0.2, -0.15) is 0 Å². The lowest BCUT2D eigenvalue weighted by molar-refractivity contribution is 0.512. The van der Waals surface area contributed by atoms with E-state index in [4.69, 9.17) is 17.7 Å². The predicted molar refractivity (Wildman–Crippen MR) is 527 cm³/mol. The van der Waals surface area contributed by atoms with E-state index >= 15 is 0 Å². The van der Waals surface area contributed by atoms with Crippen LogP contribution in [0.15, 0.2) is 437 Å². The summed E-state index contributed by atoms with van der Waals surface area (Å²) in [5.74, 6) is 2.95. The second kappa shape index (κ2) is 35.6. The van der Waals surface area contributed by atoms with Crippen LogP contribution in [0.5, 0.6) is 23.0 Å². The molecule has 0 saturated heterocycles. The molecule has 0 radical (unpaired) electrons. The molecule has 0 fully saturated rings. The van der Waals surface area contributed by atoms with E-state index in [-0.39, 0.29) is 11.8 Å². The van der Waals surface area contributed by atoms with E-state index in [9.17, 15) is 0 Å². The summed E-state index contributed by atoms with van der Waals surface area (Å²) in [5.41, 5.74) is 7.55. The molecule has 612 valence electrons. The van der Waals surface area contributed by atoms with Gasteiger partial charge in [-0.15, -0.1) is 0 Å². The minimum absolute atomic E-state index is 0.259. The Morgan fingerprint density at radius 1 is 0.171 bits per heavy atom. The van der Waals surface area contributed by atoms with Crippen LogP contribution in [0.3, 0.4) is 0 Å². The zero-order chi connectivity index (χ0) is 85.5. The Balaban J connectivity index is 0.963. The highest BCUT2D eigenvalue weighted by Gasteiger charge is 2.50. The van der Waals surface area contributed by atoms with E-state index in [1.807, 2.05) is 0 Å². The fourth-order valence-electron chi connectivity index (χ4n) is 18.4. The van der Waals surface area contributed by atoms with Gasteiger partial charge in [0, 0.05) is 11.8 Å². The topological polar surface area (TPSA) is 36.9 Å². The summed E-state index contributed by atoms with van der Waals surface area (Å²) >= 11 is 0. The van der Waals surface area contributed by atoms with Crippen molar-refractivity contribution in [3.8, 4) is 23.0 Å². The molecule has 16 rings (SSSR count). The van der Waals surface area contributed by atoms with Crippen molar-refractivity contribution >= 4 is 95.5 Å². The zero-order valence-electron chi connectivity index (χ0n) is 73.1. The quantitative estimate of drug-likeness (QED) is 0.0400. The van der Waals surface area contributed by atoms with Crippen molar-refractivity contribution in [2.24, 2.45) is 0 Å². The number of rotatable bonds is 26. The first-order chi connectivity index (χ1) is 59.5. The molecule has 0 aromatic heterocycles. The van der Waals surface area contributed by atoms with Crippen molar-refractivity contribution in [3.05, 3.63) is 481 Å². The van der Waals surface area contributed by atoms with Crippen LogP contribution in [0.4, 0.5) is 0 Å². The predicted octanol–water partition coefficient (Wildman–Crippen LogP) is 20.4. The highest BCUT2D eigenvalue weighted by molar-refractivity contribution is 7.09. The molecule has 8 heteroatoms. The maximum atomic E-state index is 8.27. The summed E-state index contributed by atoms with van der Waals surface area (Å²) in [6.45, 7) is 28.2. The highest BCUT2D eigenvalue weighted by atomic mass is 28.4. The Kier molecular flexibility index (Phi) is 24.4. The Labute approximate surface area is 735 Å². The van der Waals surface area contributed by atoms with E-state index in [0.29, 0.717) is 6.42 Å². The molecule has 0 bridgehead atoms. The SMILES string of the molecule is CC(C)(C)c1cc(C(CC(c2ccc(O[Si](c3ccccc3)(c3ccccc3)c3ccccc3)c(C(C)(C)C)c2)c2ccc(O[Si](c3ccccc3)(c3ccccc3)c3ccccc3)c(C(C)(C)C)c2)c2ccc(O[Si](c3ccccc3)(c3ccccc3)c3ccccc3)c(C(C)(C)C)c2)ccc1O[Si](c1ccccc1)(c1ccccc1)c1ccccc1. The van der Waals surface area contributed by atoms with Crippen LogP contribution in [-0.2, 0) is 21.7 Å². The van der Waals surface area contributed by atoms with Crippen LogP contribution < -0.4 is 79.9 Å². The molecule has 0 aliphatic carbocycles. The van der Waals surface area contributed by atoms with E-state index in [2.05, 4.69) is 520 Å². The molecular formula is C115H112O4Si4. The molecule has 0 heterocycles. The van der Waals surface area contributed by atoms with E-state index in [1.165, 1.54) is 84.5 Å². The molecular weight excluding hydrogens is 1560 g/mol.